The topological polar surface area (TPSA) is 50.8 Å². The molecule has 0 fully saturated rings. The highest BCUT2D eigenvalue weighted by molar-refractivity contribution is 5.88. The van der Waals surface area contributed by atoms with Crippen LogP contribution < -0.4 is 10.1 Å². The minimum absolute atomic E-state index is 0.323. The number of anilines is 1. The number of hydroxylamine groups is 2. The molecule has 5 nitrogen and oxygen atoms in total. The minimum atomic E-state index is -0.323. The predicted octanol–water partition coefficient (Wildman–Crippen LogP) is 2.42. The molecule has 0 bridgehead atoms. The molecule has 0 radical (unpaired) electrons. The number of hydrogen-bond donors (Lipinski definition) is 1. The van der Waals surface area contributed by atoms with Crippen LogP contribution in [-0.4, -0.2) is 31.9 Å². The average molecular weight is 238 g/mol. The molecule has 0 heterocycles. The van der Waals surface area contributed by atoms with Crippen LogP contribution in [0.5, 0.6) is 5.75 Å². The van der Waals surface area contributed by atoms with Crippen molar-refractivity contribution in [3.8, 4) is 5.75 Å². The van der Waals surface area contributed by atoms with E-state index in [0.29, 0.717) is 12.3 Å². The van der Waals surface area contributed by atoms with Crippen molar-refractivity contribution in [2.45, 2.75) is 13.8 Å². The van der Waals surface area contributed by atoms with Crippen molar-refractivity contribution >= 4 is 11.7 Å². The molecule has 0 saturated carbocycles. The van der Waals surface area contributed by atoms with Gasteiger partial charge in [0.25, 0.3) is 0 Å². The number of nitrogens with zero attached hydrogens (tertiary/aromatic N) is 1. The molecule has 1 rings (SSSR count). The Labute approximate surface area is 101 Å². The average Bonchev–Trinajstić information content (AvgIpc) is 2.31. The van der Waals surface area contributed by atoms with E-state index in [4.69, 9.17) is 9.57 Å². The molecular formula is C12H18N2O3. The molecule has 2 amide bonds. The number of amides is 2. The molecule has 94 valence electrons. The molecule has 0 spiro atoms. The van der Waals surface area contributed by atoms with Crippen LogP contribution in [0.2, 0.25) is 0 Å². The van der Waals surface area contributed by atoms with Crippen molar-refractivity contribution < 1.29 is 14.4 Å². The van der Waals surface area contributed by atoms with E-state index in [-0.39, 0.29) is 6.03 Å². The zero-order valence-corrected chi connectivity index (χ0v) is 10.6. The fourth-order valence-corrected chi connectivity index (χ4v) is 1.33. The number of aryl methyl sites for hydroxylation is 1. The summed E-state index contributed by atoms with van der Waals surface area (Å²) in [7, 11) is 2.97. The summed E-state index contributed by atoms with van der Waals surface area (Å²) in [6.45, 7) is 4.49. The van der Waals surface area contributed by atoms with Gasteiger partial charge in [0, 0.05) is 12.7 Å². The number of urea groups is 1. The molecule has 0 aliphatic carbocycles. The fourth-order valence-electron chi connectivity index (χ4n) is 1.33. The summed E-state index contributed by atoms with van der Waals surface area (Å²) in [5.74, 6) is 0.825. The standard InChI is InChI=1S/C12H18N2O3/c1-5-17-11-7-6-10(8-9(11)2)13-12(15)14(3)16-4/h6-8H,5H2,1-4H3,(H,13,15). The molecule has 0 saturated heterocycles. The Bertz CT molecular complexity index is 393. The number of nitrogens with one attached hydrogen (secondary N) is 1. The number of ether oxygens (including phenoxy) is 1. The van der Waals surface area contributed by atoms with Crippen molar-refractivity contribution in [3.63, 3.8) is 0 Å². The second kappa shape index (κ2) is 6.10. The van der Waals surface area contributed by atoms with Gasteiger partial charge < -0.3 is 10.1 Å². The zero-order chi connectivity index (χ0) is 12.8. The summed E-state index contributed by atoms with van der Waals surface area (Å²) in [5.41, 5.74) is 1.68. The maximum Gasteiger partial charge on any atom is 0.345 e. The predicted molar refractivity (Wildman–Crippen MR) is 66.1 cm³/mol. The third-order valence-electron chi connectivity index (χ3n) is 2.29. The van der Waals surface area contributed by atoms with Crippen LogP contribution in [0.25, 0.3) is 0 Å². The van der Waals surface area contributed by atoms with E-state index in [0.717, 1.165) is 16.4 Å². The van der Waals surface area contributed by atoms with Gasteiger partial charge in [0.05, 0.1) is 13.7 Å². The normalized spacial score (nSPS) is 9.88. The highest BCUT2D eigenvalue weighted by Crippen LogP contribution is 2.21. The van der Waals surface area contributed by atoms with Crippen LogP contribution >= 0.6 is 0 Å². The van der Waals surface area contributed by atoms with Crippen LogP contribution in [0, 0.1) is 6.92 Å². The van der Waals surface area contributed by atoms with Crippen molar-refractivity contribution in [2.24, 2.45) is 0 Å². The molecule has 1 aromatic carbocycles. The first kappa shape index (κ1) is 13.3. The fraction of sp³-hybridized carbons (Fsp3) is 0.417. The van der Waals surface area contributed by atoms with E-state index in [9.17, 15) is 4.79 Å². The van der Waals surface area contributed by atoms with Crippen LogP contribution in [0.4, 0.5) is 10.5 Å². The van der Waals surface area contributed by atoms with E-state index in [2.05, 4.69) is 5.32 Å². The van der Waals surface area contributed by atoms with Gasteiger partial charge in [-0.05, 0) is 37.6 Å². The largest absolute Gasteiger partial charge is 0.494 e. The first-order valence-electron chi connectivity index (χ1n) is 5.40. The lowest BCUT2D eigenvalue weighted by atomic mass is 10.2. The first-order valence-corrected chi connectivity index (χ1v) is 5.40. The molecule has 0 aliphatic heterocycles. The monoisotopic (exact) mass is 238 g/mol. The smallest absolute Gasteiger partial charge is 0.345 e. The number of benzene rings is 1. The lowest BCUT2D eigenvalue weighted by molar-refractivity contribution is -0.0598. The minimum Gasteiger partial charge on any atom is -0.494 e. The van der Waals surface area contributed by atoms with Crippen LogP contribution in [0.3, 0.4) is 0 Å². The van der Waals surface area contributed by atoms with Crippen LogP contribution in [0.15, 0.2) is 18.2 Å². The Kier molecular flexibility index (Phi) is 4.78. The van der Waals surface area contributed by atoms with E-state index in [1.807, 2.05) is 26.0 Å². The van der Waals surface area contributed by atoms with E-state index in [1.165, 1.54) is 14.2 Å². The van der Waals surface area contributed by atoms with Gasteiger partial charge in [-0.3, -0.25) is 4.84 Å². The maximum atomic E-state index is 11.5. The van der Waals surface area contributed by atoms with E-state index in [1.54, 1.807) is 6.07 Å². The molecule has 17 heavy (non-hydrogen) atoms. The Morgan fingerprint density at radius 3 is 2.71 bits per heavy atom. The summed E-state index contributed by atoms with van der Waals surface area (Å²) < 4.78 is 5.42. The van der Waals surface area contributed by atoms with Gasteiger partial charge >= 0.3 is 6.03 Å². The zero-order valence-electron chi connectivity index (χ0n) is 10.6. The molecule has 1 N–H and O–H groups in total. The number of rotatable bonds is 4. The van der Waals surface area contributed by atoms with Crippen LogP contribution in [0.1, 0.15) is 12.5 Å². The summed E-state index contributed by atoms with van der Waals surface area (Å²) in [6, 6.07) is 5.16. The Balaban J connectivity index is 2.73. The molecule has 0 unspecified atom stereocenters. The molecule has 0 atom stereocenters. The Morgan fingerprint density at radius 1 is 1.47 bits per heavy atom. The molecule has 0 aliphatic rings. The second-order valence-corrected chi connectivity index (χ2v) is 3.52. The highest BCUT2D eigenvalue weighted by atomic mass is 16.7. The van der Waals surface area contributed by atoms with Gasteiger partial charge in [-0.25, -0.2) is 9.86 Å². The molecule has 1 aromatic rings. The first-order chi connectivity index (χ1) is 8.08. The van der Waals surface area contributed by atoms with Gasteiger partial charge in [0.2, 0.25) is 0 Å². The summed E-state index contributed by atoms with van der Waals surface area (Å²) in [6.07, 6.45) is 0. The molecular weight excluding hydrogens is 220 g/mol. The van der Waals surface area contributed by atoms with Crippen molar-refractivity contribution in [2.75, 3.05) is 26.1 Å². The SMILES string of the molecule is CCOc1ccc(NC(=O)N(C)OC)cc1C. The highest BCUT2D eigenvalue weighted by Gasteiger charge is 2.08. The van der Waals surface area contributed by atoms with Gasteiger partial charge in [-0.1, -0.05) is 0 Å². The second-order valence-electron chi connectivity index (χ2n) is 3.52. The quantitative estimate of drug-likeness (QED) is 0.819. The van der Waals surface area contributed by atoms with Crippen LogP contribution in [-0.2, 0) is 4.84 Å². The Hall–Kier alpha value is -1.75. The lowest BCUT2D eigenvalue weighted by Gasteiger charge is -2.15. The molecule has 0 aromatic heterocycles. The third kappa shape index (κ3) is 3.64. The number of carbonyl (C=O) groups excluding carboxylic acids is 1. The van der Waals surface area contributed by atoms with Gasteiger partial charge in [-0.15, -0.1) is 0 Å². The van der Waals surface area contributed by atoms with Gasteiger partial charge in [0.1, 0.15) is 5.75 Å². The van der Waals surface area contributed by atoms with Crippen molar-refractivity contribution in [1.82, 2.24) is 5.06 Å². The summed E-state index contributed by atoms with van der Waals surface area (Å²) in [5, 5.41) is 3.83. The van der Waals surface area contributed by atoms with Gasteiger partial charge in [0.15, 0.2) is 0 Å². The maximum absolute atomic E-state index is 11.5. The van der Waals surface area contributed by atoms with E-state index < -0.39 is 0 Å². The lowest BCUT2D eigenvalue weighted by Crippen LogP contribution is -2.30. The number of hydrogen-bond acceptors (Lipinski definition) is 3. The Morgan fingerprint density at radius 2 is 2.18 bits per heavy atom. The van der Waals surface area contributed by atoms with Crippen molar-refractivity contribution in [3.05, 3.63) is 23.8 Å². The van der Waals surface area contributed by atoms with Crippen molar-refractivity contribution in [1.29, 1.82) is 0 Å². The van der Waals surface area contributed by atoms with E-state index >= 15 is 0 Å². The third-order valence-corrected chi connectivity index (χ3v) is 2.29. The van der Waals surface area contributed by atoms with Gasteiger partial charge in [-0.2, -0.15) is 0 Å². The summed E-state index contributed by atoms with van der Waals surface area (Å²) in [4.78, 5) is 16.3. The summed E-state index contributed by atoms with van der Waals surface area (Å²) >= 11 is 0. The molecule has 5 heteroatoms. The number of carbonyl (C=O) groups is 1.